The van der Waals surface area contributed by atoms with Crippen LogP contribution in [-0.4, -0.2) is 30.8 Å². The Morgan fingerprint density at radius 1 is 1.53 bits per heavy atom. The molecule has 0 aromatic carbocycles. The zero-order chi connectivity index (χ0) is 13.5. The van der Waals surface area contributed by atoms with Gasteiger partial charge in [0.15, 0.2) is 0 Å². The minimum Gasteiger partial charge on any atom is -0.490 e. The number of nitrogens with one attached hydrogen (secondary N) is 1. The van der Waals surface area contributed by atoms with E-state index in [9.17, 15) is 0 Å². The minimum atomic E-state index is 0.254. The van der Waals surface area contributed by atoms with E-state index in [0.29, 0.717) is 12.5 Å². The molecule has 1 aromatic rings. The second kappa shape index (κ2) is 7.46. The number of aromatic nitrogens is 1. The van der Waals surface area contributed by atoms with Crippen molar-refractivity contribution in [2.75, 3.05) is 19.8 Å². The molecule has 1 aliphatic heterocycles. The van der Waals surface area contributed by atoms with Gasteiger partial charge in [0, 0.05) is 31.1 Å². The lowest BCUT2D eigenvalue weighted by molar-refractivity contribution is 0.0675. The van der Waals surface area contributed by atoms with Crippen molar-refractivity contribution in [1.82, 2.24) is 10.3 Å². The van der Waals surface area contributed by atoms with Gasteiger partial charge in [0.05, 0.1) is 6.10 Å². The third kappa shape index (κ3) is 4.80. The molecule has 0 bridgehead atoms. The molecule has 0 spiro atoms. The van der Waals surface area contributed by atoms with Gasteiger partial charge in [-0.2, -0.15) is 0 Å². The number of pyridine rings is 1. The molecule has 0 amide bonds. The number of nitrogens with zero attached hydrogens (tertiary/aromatic N) is 1. The van der Waals surface area contributed by atoms with E-state index in [1.165, 1.54) is 0 Å². The molecular weight excluding hydrogens is 240 g/mol. The highest BCUT2D eigenvalue weighted by Gasteiger charge is 2.16. The van der Waals surface area contributed by atoms with Gasteiger partial charge in [-0.25, -0.2) is 0 Å². The standard InChI is InChI=1S/C15H24N2O2/c1-12(2)8-17-10-13-9-16-6-5-15(13)19-11-14-4-3-7-18-14/h5-6,9,12,14,17H,3-4,7-8,10-11H2,1-2H3. The summed E-state index contributed by atoms with van der Waals surface area (Å²) in [5.74, 6) is 1.56. The summed E-state index contributed by atoms with van der Waals surface area (Å²) in [5, 5.41) is 3.42. The van der Waals surface area contributed by atoms with E-state index in [4.69, 9.17) is 9.47 Å². The molecule has 0 saturated carbocycles. The fourth-order valence-electron chi connectivity index (χ4n) is 2.14. The van der Waals surface area contributed by atoms with Crippen molar-refractivity contribution >= 4 is 0 Å². The maximum atomic E-state index is 5.87. The van der Waals surface area contributed by atoms with Crippen LogP contribution in [0.15, 0.2) is 18.5 Å². The van der Waals surface area contributed by atoms with E-state index in [2.05, 4.69) is 24.1 Å². The predicted octanol–water partition coefficient (Wildman–Crippen LogP) is 2.39. The summed E-state index contributed by atoms with van der Waals surface area (Å²) >= 11 is 0. The van der Waals surface area contributed by atoms with Crippen LogP contribution in [0.25, 0.3) is 0 Å². The minimum absolute atomic E-state index is 0.254. The highest BCUT2D eigenvalue weighted by molar-refractivity contribution is 5.29. The molecule has 1 fully saturated rings. The Morgan fingerprint density at radius 2 is 2.42 bits per heavy atom. The molecule has 0 radical (unpaired) electrons. The first kappa shape index (κ1) is 14.3. The molecule has 1 unspecified atom stereocenters. The summed E-state index contributed by atoms with van der Waals surface area (Å²) in [6.45, 7) is 7.71. The summed E-state index contributed by atoms with van der Waals surface area (Å²) in [7, 11) is 0. The first-order valence-electron chi connectivity index (χ1n) is 7.13. The van der Waals surface area contributed by atoms with Crippen molar-refractivity contribution in [3.05, 3.63) is 24.0 Å². The lowest BCUT2D eigenvalue weighted by Gasteiger charge is -2.15. The maximum Gasteiger partial charge on any atom is 0.127 e. The van der Waals surface area contributed by atoms with Crippen LogP contribution in [0.2, 0.25) is 0 Å². The van der Waals surface area contributed by atoms with Crippen LogP contribution in [0.4, 0.5) is 0 Å². The number of ether oxygens (including phenoxy) is 2. The van der Waals surface area contributed by atoms with Gasteiger partial charge in [-0.1, -0.05) is 13.8 Å². The van der Waals surface area contributed by atoms with E-state index in [-0.39, 0.29) is 6.10 Å². The van der Waals surface area contributed by atoms with Gasteiger partial charge in [-0.3, -0.25) is 4.98 Å². The number of rotatable bonds is 7. The van der Waals surface area contributed by atoms with Crippen molar-refractivity contribution in [2.45, 2.75) is 39.3 Å². The van der Waals surface area contributed by atoms with Gasteiger partial charge in [0.25, 0.3) is 0 Å². The lowest BCUT2D eigenvalue weighted by Crippen LogP contribution is -2.21. The van der Waals surface area contributed by atoms with E-state index in [1.54, 1.807) is 6.20 Å². The van der Waals surface area contributed by atoms with Crippen molar-refractivity contribution in [3.63, 3.8) is 0 Å². The van der Waals surface area contributed by atoms with Crippen LogP contribution in [-0.2, 0) is 11.3 Å². The topological polar surface area (TPSA) is 43.4 Å². The average Bonchev–Trinajstić information content (AvgIpc) is 2.90. The fourth-order valence-corrected chi connectivity index (χ4v) is 2.14. The van der Waals surface area contributed by atoms with Crippen molar-refractivity contribution in [1.29, 1.82) is 0 Å². The Kier molecular flexibility index (Phi) is 5.61. The van der Waals surface area contributed by atoms with Gasteiger partial charge in [0.2, 0.25) is 0 Å². The van der Waals surface area contributed by atoms with Crippen LogP contribution in [0.5, 0.6) is 5.75 Å². The fraction of sp³-hybridized carbons (Fsp3) is 0.667. The summed E-state index contributed by atoms with van der Waals surface area (Å²) in [6, 6.07) is 1.93. The monoisotopic (exact) mass is 264 g/mol. The highest BCUT2D eigenvalue weighted by Crippen LogP contribution is 2.19. The Hall–Kier alpha value is -1.13. The molecule has 4 heteroatoms. The summed E-state index contributed by atoms with van der Waals surface area (Å²) in [4.78, 5) is 4.17. The van der Waals surface area contributed by atoms with E-state index >= 15 is 0 Å². The lowest BCUT2D eigenvalue weighted by atomic mass is 10.2. The van der Waals surface area contributed by atoms with Gasteiger partial charge in [0.1, 0.15) is 12.4 Å². The molecule has 1 saturated heterocycles. The highest BCUT2D eigenvalue weighted by atomic mass is 16.5. The molecule has 4 nitrogen and oxygen atoms in total. The Bertz CT molecular complexity index is 376. The average molecular weight is 264 g/mol. The van der Waals surface area contributed by atoms with Crippen LogP contribution >= 0.6 is 0 Å². The number of hydrogen-bond donors (Lipinski definition) is 1. The Morgan fingerprint density at radius 3 is 3.16 bits per heavy atom. The van der Waals surface area contributed by atoms with E-state index in [0.717, 1.165) is 43.9 Å². The van der Waals surface area contributed by atoms with Gasteiger partial charge in [-0.15, -0.1) is 0 Å². The maximum absolute atomic E-state index is 5.87. The SMILES string of the molecule is CC(C)CNCc1cnccc1OCC1CCCO1. The van der Waals surface area contributed by atoms with Crippen molar-refractivity contribution < 1.29 is 9.47 Å². The van der Waals surface area contributed by atoms with Crippen LogP contribution < -0.4 is 10.1 Å². The van der Waals surface area contributed by atoms with E-state index < -0.39 is 0 Å². The van der Waals surface area contributed by atoms with Gasteiger partial charge < -0.3 is 14.8 Å². The first-order valence-corrected chi connectivity index (χ1v) is 7.13. The first-order chi connectivity index (χ1) is 9.25. The van der Waals surface area contributed by atoms with Gasteiger partial charge >= 0.3 is 0 Å². The van der Waals surface area contributed by atoms with Crippen LogP contribution in [0.1, 0.15) is 32.3 Å². The van der Waals surface area contributed by atoms with Crippen molar-refractivity contribution in [2.24, 2.45) is 5.92 Å². The molecule has 1 aromatic heterocycles. The van der Waals surface area contributed by atoms with Crippen molar-refractivity contribution in [3.8, 4) is 5.75 Å². The normalized spacial score (nSPS) is 19.0. The molecule has 19 heavy (non-hydrogen) atoms. The summed E-state index contributed by atoms with van der Waals surface area (Å²) in [5.41, 5.74) is 1.11. The summed E-state index contributed by atoms with van der Waals surface area (Å²) in [6.07, 6.45) is 6.15. The van der Waals surface area contributed by atoms with Crippen LogP contribution in [0.3, 0.4) is 0 Å². The molecule has 0 aliphatic carbocycles. The Labute approximate surface area is 115 Å². The second-order valence-electron chi connectivity index (χ2n) is 5.45. The zero-order valence-corrected chi connectivity index (χ0v) is 11.9. The third-order valence-corrected chi connectivity index (χ3v) is 3.18. The Balaban J connectivity index is 1.84. The smallest absolute Gasteiger partial charge is 0.127 e. The molecule has 1 N–H and O–H groups in total. The number of hydrogen-bond acceptors (Lipinski definition) is 4. The zero-order valence-electron chi connectivity index (χ0n) is 11.9. The second-order valence-corrected chi connectivity index (χ2v) is 5.45. The molecule has 2 heterocycles. The molecule has 1 atom stereocenters. The molecule has 106 valence electrons. The quantitative estimate of drug-likeness (QED) is 0.821. The van der Waals surface area contributed by atoms with Crippen LogP contribution in [0, 0.1) is 5.92 Å². The molecule has 1 aliphatic rings. The summed E-state index contributed by atoms with van der Waals surface area (Å²) < 4.78 is 11.4. The van der Waals surface area contributed by atoms with E-state index in [1.807, 2.05) is 12.3 Å². The molecule has 2 rings (SSSR count). The van der Waals surface area contributed by atoms with Gasteiger partial charge in [-0.05, 0) is 31.4 Å². The molecular formula is C15H24N2O2. The predicted molar refractivity (Wildman–Crippen MR) is 75.3 cm³/mol. The largest absolute Gasteiger partial charge is 0.490 e. The third-order valence-electron chi connectivity index (χ3n) is 3.18.